The summed E-state index contributed by atoms with van der Waals surface area (Å²) in [4.78, 5) is 0. The van der Waals surface area contributed by atoms with E-state index >= 15 is 0 Å². The summed E-state index contributed by atoms with van der Waals surface area (Å²) in [6.07, 6.45) is -6.45. The van der Waals surface area contributed by atoms with Crippen LogP contribution in [-0.2, 0) is 0 Å². The molecule has 2 rings (SSSR count). The van der Waals surface area contributed by atoms with Crippen LogP contribution in [0.3, 0.4) is 0 Å². The number of alkyl halides is 4. The lowest BCUT2D eigenvalue weighted by molar-refractivity contribution is 0.144. The molecule has 9 heteroatoms. The SMILES string of the molecule is Cc1cc(F)c(N)c(C(F)F)c1Oc1c(C)cc(F)c(N)c1C(F)F. The highest BCUT2D eigenvalue weighted by molar-refractivity contribution is 5.64. The van der Waals surface area contributed by atoms with Crippen LogP contribution in [0.2, 0.25) is 0 Å². The Labute approximate surface area is 139 Å². The van der Waals surface area contributed by atoms with E-state index in [0.717, 1.165) is 12.1 Å². The quantitative estimate of drug-likeness (QED) is 0.563. The summed E-state index contributed by atoms with van der Waals surface area (Å²) >= 11 is 0. The van der Waals surface area contributed by atoms with Gasteiger partial charge in [-0.2, -0.15) is 0 Å². The summed E-state index contributed by atoms with van der Waals surface area (Å²) in [5, 5.41) is 0. The third-order valence-corrected chi connectivity index (χ3v) is 3.63. The first-order chi connectivity index (χ1) is 11.6. The summed E-state index contributed by atoms with van der Waals surface area (Å²) in [5.41, 5.74) is 6.81. The number of anilines is 2. The summed E-state index contributed by atoms with van der Waals surface area (Å²) < 4.78 is 85.7. The van der Waals surface area contributed by atoms with Crippen LogP contribution in [0.4, 0.5) is 37.7 Å². The maximum absolute atomic E-state index is 13.6. The van der Waals surface area contributed by atoms with Crippen molar-refractivity contribution in [2.75, 3.05) is 11.5 Å². The zero-order valence-electron chi connectivity index (χ0n) is 13.1. The van der Waals surface area contributed by atoms with Crippen molar-refractivity contribution < 1.29 is 31.1 Å². The fourth-order valence-corrected chi connectivity index (χ4v) is 2.40. The van der Waals surface area contributed by atoms with Crippen molar-refractivity contribution in [3.8, 4) is 11.5 Å². The maximum Gasteiger partial charge on any atom is 0.269 e. The molecule has 0 radical (unpaired) electrons. The Balaban J connectivity index is 2.74. The van der Waals surface area contributed by atoms with Gasteiger partial charge < -0.3 is 16.2 Å². The van der Waals surface area contributed by atoms with Crippen LogP contribution in [-0.4, -0.2) is 0 Å². The van der Waals surface area contributed by atoms with Gasteiger partial charge in [0.25, 0.3) is 12.9 Å². The third kappa shape index (κ3) is 3.31. The van der Waals surface area contributed by atoms with Crippen LogP contribution < -0.4 is 16.2 Å². The Morgan fingerprint density at radius 3 is 1.36 bits per heavy atom. The van der Waals surface area contributed by atoms with Gasteiger partial charge in [0.05, 0.1) is 22.5 Å². The molecule has 0 bridgehead atoms. The Hall–Kier alpha value is -2.58. The van der Waals surface area contributed by atoms with Gasteiger partial charge in [-0.25, -0.2) is 26.3 Å². The Morgan fingerprint density at radius 1 is 0.760 bits per heavy atom. The van der Waals surface area contributed by atoms with E-state index in [1.807, 2.05) is 0 Å². The first kappa shape index (κ1) is 18.8. The maximum atomic E-state index is 13.6. The molecule has 0 aliphatic rings. The molecule has 0 atom stereocenters. The zero-order valence-corrected chi connectivity index (χ0v) is 13.1. The number of rotatable bonds is 4. The van der Waals surface area contributed by atoms with Crippen molar-refractivity contribution in [3.05, 3.63) is 46.0 Å². The van der Waals surface area contributed by atoms with Gasteiger partial charge in [-0.05, 0) is 37.1 Å². The molecule has 0 aromatic heterocycles. The Morgan fingerprint density at radius 2 is 1.08 bits per heavy atom. The van der Waals surface area contributed by atoms with Crippen molar-refractivity contribution in [1.29, 1.82) is 0 Å². The normalized spacial score (nSPS) is 11.4. The van der Waals surface area contributed by atoms with Crippen molar-refractivity contribution in [2.45, 2.75) is 26.7 Å². The molecule has 25 heavy (non-hydrogen) atoms. The molecule has 0 saturated heterocycles. The molecule has 136 valence electrons. The van der Waals surface area contributed by atoms with Gasteiger partial charge in [0, 0.05) is 0 Å². The fourth-order valence-electron chi connectivity index (χ4n) is 2.40. The molecule has 0 fully saturated rings. The molecule has 4 N–H and O–H groups in total. The zero-order chi connectivity index (χ0) is 19.0. The van der Waals surface area contributed by atoms with Gasteiger partial charge in [0.15, 0.2) is 0 Å². The van der Waals surface area contributed by atoms with E-state index in [-0.39, 0.29) is 11.1 Å². The Kier molecular flexibility index (Phi) is 5.05. The topological polar surface area (TPSA) is 61.3 Å². The van der Waals surface area contributed by atoms with Crippen LogP contribution >= 0.6 is 0 Å². The first-order valence-electron chi connectivity index (χ1n) is 6.97. The molecule has 2 aromatic rings. The number of hydrogen-bond donors (Lipinski definition) is 2. The van der Waals surface area contributed by atoms with Gasteiger partial charge in [0.1, 0.15) is 23.1 Å². The second-order valence-corrected chi connectivity index (χ2v) is 5.37. The number of nitrogens with two attached hydrogens (primary N) is 2. The molecule has 3 nitrogen and oxygen atoms in total. The van der Waals surface area contributed by atoms with Crippen molar-refractivity contribution in [1.82, 2.24) is 0 Å². The summed E-state index contributed by atoms with van der Waals surface area (Å²) in [5.74, 6) is -3.34. The van der Waals surface area contributed by atoms with Crippen LogP contribution in [0.5, 0.6) is 11.5 Å². The molecule has 2 aromatic carbocycles. The number of aryl methyl sites for hydroxylation is 2. The number of halogens is 6. The van der Waals surface area contributed by atoms with E-state index in [9.17, 15) is 26.3 Å². The summed E-state index contributed by atoms with van der Waals surface area (Å²) in [6, 6.07) is 1.67. The average molecular weight is 364 g/mol. The van der Waals surface area contributed by atoms with Crippen LogP contribution in [0.15, 0.2) is 12.1 Å². The molecule has 0 aliphatic carbocycles. The molecule has 0 spiro atoms. The lowest BCUT2D eigenvalue weighted by atomic mass is 10.0. The lowest BCUT2D eigenvalue weighted by Gasteiger charge is -2.20. The fraction of sp³-hybridized carbons (Fsp3) is 0.250. The third-order valence-electron chi connectivity index (χ3n) is 3.63. The summed E-state index contributed by atoms with van der Waals surface area (Å²) in [6.45, 7) is 2.49. The second kappa shape index (κ2) is 6.73. The number of nitrogen functional groups attached to an aromatic ring is 2. The van der Waals surface area contributed by atoms with E-state index in [4.69, 9.17) is 16.2 Å². The van der Waals surface area contributed by atoms with Gasteiger partial charge in [-0.1, -0.05) is 0 Å². The van der Waals surface area contributed by atoms with Crippen LogP contribution in [0, 0.1) is 25.5 Å². The molecule has 0 heterocycles. The largest absolute Gasteiger partial charge is 0.456 e. The highest BCUT2D eigenvalue weighted by Gasteiger charge is 2.28. The lowest BCUT2D eigenvalue weighted by Crippen LogP contribution is -2.07. The first-order valence-corrected chi connectivity index (χ1v) is 6.97. The standard InChI is InChI=1S/C16H14F6N2O/c1-5-3-7(17)11(23)9(15(19)20)13(5)25-14-6(2)4-8(18)12(24)10(14)16(21)22/h3-4,15-16H,23-24H2,1-2H3. The van der Waals surface area contributed by atoms with Crippen molar-refractivity contribution in [3.63, 3.8) is 0 Å². The number of ether oxygens (including phenoxy) is 1. The summed E-state index contributed by atoms with van der Waals surface area (Å²) in [7, 11) is 0. The molecule has 0 unspecified atom stereocenters. The van der Waals surface area contributed by atoms with Gasteiger partial charge in [0.2, 0.25) is 0 Å². The van der Waals surface area contributed by atoms with Crippen LogP contribution in [0.25, 0.3) is 0 Å². The minimum Gasteiger partial charge on any atom is -0.456 e. The molecule has 0 aliphatic heterocycles. The van der Waals surface area contributed by atoms with E-state index in [1.165, 1.54) is 13.8 Å². The number of hydrogen-bond acceptors (Lipinski definition) is 3. The highest BCUT2D eigenvalue weighted by atomic mass is 19.3. The van der Waals surface area contributed by atoms with Crippen molar-refractivity contribution in [2.24, 2.45) is 0 Å². The van der Waals surface area contributed by atoms with E-state index < -0.39 is 58.5 Å². The van der Waals surface area contributed by atoms with Gasteiger partial charge in [-0.3, -0.25) is 0 Å². The van der Waals surface area contributed by atoms with Crippen LogP contribution in [0.1, 0.15) is 35.1 Å². The predicted molar refractivity (Wildman–Crippen MR) is 81.1 cm³/mol. The van der Waals surface area contributed by atoms with E-state index in [2.05, 4.69) is 0 Å². The molecule has 0 amide bonds. The average Bonchev–Trinajstić information content (AvgIpc) is 2.49. The highest BCUT2D eigenvalue weighted by Crippen LogP contribution is 2.45. The van der Waals surface area contributed by atoms with E-state index in [0.29, 0.717) is 0 Å². The number of benzene rings is 2. The predicted octanol–water partition coefficient (Wildman–Crippen LogP) is 5.41. The minimum atomic E-state index is -3.22. The smallest absolute Gasteiger partial charge is 0.269 e. The second-order valence-electron chi connectivity index (χ2n) is 5.37. The van der Waals surface area contributed by atoms with Crippen molar-refractivity contribution >= 4 is 11.4 Å². The monoisotopic (exact) mass is 364 g/mol. The Bertz CT molecular complexity index is 756. The van der Waals surface area contributed by atoms with Gasteiger partial charge in [-0.15, -0.1) is 0 Å². The minimum absolute atomic E-state index is 0.0930. The molecular weight excluding hydrogens is 350 g/mol. The van der Waals surface area contributed by atoms with E-state index in [1.54, 1.807) is 0 Å². The molecule has 0 saturated carbocycles. The van der Waals surface area contributed by atoms with Gasteiger partial charge >= 0.3 is 0 Å². The molecular formula is C16H14F6N2O.